The van der Waals surface area contributed by atoms with E-state index in [9.17, 15) is 4.79 Å². The summed E-state index contributed by atoms with van der Waals surface area (Å²) in [6, 6.07) is 15.9. The molecule has 4 aromatic rings. The van der Waals surface area contributed by atoms with E-state index in [-0.39, 0.29) is 5.91 Å². The van der Waals surface area contributed by atoms with E-state index >= 15 is 0 Å². The molecule has 0 saturated carbocycles. The van der Waals surface area contributed by atoms with Crippen LogP contribution in [0.3, 0.4) is 0 Å². The van der Waals surface area contributed by atoms with Crippen molar-refractivity contribution in [3.8, 4) is 0 Å². The molecule has 0 unspecified atom stereocenters. The number of nitrogens with zero attached hydrogens (tertiary/aromatic N) is 3. The van der Waals surface area contributed by atoms with Gasteiger partial charge in [-0.15, -0.1) is 11.3 Å². The first kappa shape index (κ1) is 17.8. The number of aromatic nitrogens is 3. The smallest absolute Gasteiger partial charge is 0.224 e. The molecular weight excluding hydrogens is 376 g/mol. The standard InChI is InChI=1S/C20H18N4OS2/c1-24-13-12-21-20(24)26-15-8-6-14(7-9-15)22-18(25)10-11-19-23-16-4-2-3-5-17(16)27-19/h2-9,12-13H,10-11H2,1H3,(H,22,25). The molecule has 1 amide bonds. The van der Waals surface area contributed by atoms with Gasteiger partial charge >= 0.3 is 0 Å². The lowest BCUT2D eigenvalue weighted by Crippen LogP contribution is -2.12. The Labute approximate surface area is 165 Å². The van der Waals surface area contributed by atoms with Crippen molar-refractivity contribution in [2.24, 2.45) is 7.05 Å². The Morgan fingerprint density at radius 3 is 2.74 bits per heavy atom. The van der Waals surface area contributed by atoms with Gasteiger partial charge in [0.05, 0.1) is 15.2 Å². The molecule has 5 nitrogen and oxygen atoms in total. The summed E-state index contributed by atoms with van der Waals surface area (Å²) in [6.07, 6.45) is 4.77. The Kier molecular flexibility index (Phi) is 5.22. The number of para-hydroxylation sites is 1. The zero-order valence-corrected chi connectivity index (χ0v) is 16.4. The monoisotopic (exact) mass is 394 g/mol. The Morgan fingerprint density at radius 2 is 2.00 bits per heavy atom. The van der Waals surface area contributed by atoms with E-state index in [2.05, 4.69) is 21.4 Å². The van der Waals surface area contributed by atoms with Crippen LogP contribution in [0.25, 0.3) is 10.2 Å². The number of amides is 1. The quantitative estimate of drug-likeness (QED) is 0.513. The maximum atomic E-state index is 12.2. The number of aryl methyl sites for hydroxylation is 2. The lowest BCUT2D eigenvalue weighted by atomic mass is 10.2. The molecule has 136 valence electrons. The summed E-state index contributed by atoms with van der Waals surface area (Å²) in [4.78, 5) is 22.2. The Morgan fingerprint density at radius 1 is 1.19 bits per heavy atom. The van der Waals surface area contributed by atoms with Crippen molar-refractivity contribution >= 4 is 44.9 Å². The van der Waals surface area contributed by atoms with Gasteiger partial charge in [0.25, 0.3) is 0 Å². The number of anilines is 1. The molecule has 0 saturated heterocycles. The summed E-state index contributed by atoms with van der Waals surface area (Å²) in [5.41, 5.74) is 1.80. The second kappa shape index (κ2) is 7.94. The third-order valence-electron chi connectivity index (χ3n) is 4.03. The SMILES string of the molecule is Cn1ccnc1Sc1ccc(NC(=O)CCc2nc3ccccc3s2)cc1. The van der Waals surface area contributed by atoms with Crippen LogP contribution in [-0.4, -0.2) is 20.4 Å². The van der Waals surface area contributed by atoms with Crippen LogP contribution in [0, 0.1) is 0 Å². The summed E-state index contributed by atoms with van der Waals surface area (Å²) in [5.74, 6) is -0.00115. The van der Waals surface area contributed by atoms with Gasteiger partial charge in [-0.3, -0.25) is 4.79 Å². The number of benzene rings is 2. The maximum Gasteiger partial charge on any atom is 0.224 e. The molecule has 0 atom stereocenters. The van der Waals surface area contributed by atoms with Crippen molar-refractivity contribution in [2.45, 2.75) is 22.9 Å². The van der Waals surface area contributed by atoms with Gasteiger partial charge in [-0.05, 0) is 36.4 Å². The number of thiazole rings is 1. The molecule has 4 rings (SSSR count). The molecule has 2 aromatic heterocycles. The van der Waals surface area contributed by atoms with Gasteiger partial charge in [0.15, 0.2) is 5.16 Å². The summed E-state index contributed by atoms with van der Waals surface area (Å²) >= 11 is 3.24. The minimum absolute atomic E-state index is 0.00115. The molecule has 2 aromatic carbocycles. The second-order valence-electron chi connectivity index (χ2n) is 6.07. The zero-order valence-electron chi connectivity index (χ0n) is 14.8. The first-order valence-corrected chi connectivity index (χ1v) is 10.2. The summed E-state index contributed by atoms with van der Waals surface area (Å²) in [5, 5.41) is 4.88. The molecule has 0 bridgehead atoms. The van der Waals surface area contributed by atoms with Crippen molar-refractivity contribution in [3.63, 3.8) is 0 Å². The van der Waals surface area contributed by atoms with Gasteiger partial charge in [-0.25, -0.2) is 9.97 Å². The highest BCUT2D eigenvalue weighted by Crippen LogP contribution is 2.27. The first-order chi connectivity index (χ1) is 13.2. The van der Waals surface area contributed by atoms with Crippen LogP contribution in [0.4, 0.5) is 5.69 Å². The molecule has 0 aliphatic heterocycles. The number of rotatable bonds is 6. The molecular formula is C20H18N4OS2. The van der Waals surface area contributed by atoms with Crippen LogP contribution >= 0.6 is 23.1 Å². The Balaban J connectivity index is 1.31. The van der Waals surface area contributed by atoms with Gasteiger partial charge in [0, 0.05) is 42.9 Å². The third kappa shape index (κ3) is 4.37. The molecule has 2 heterocycles. The predicted molar refractivity (Wildman–Crippen MR) is 110 cm³/mol. The molecule has 0 aliphatic rings. The topological polar surface area (TPSA) is 59.8 Å². The number of hydrogen-bond acceptors (Lipinski definition) is 5. The second-order valence-corrected chi connectivity index (χ2v) is 8.23. The highest BCUT2D eigenvalue weighted by atomic mass is 32.2. The Hall–Kier alpha value is -2.64. The van der Waals surface area contributed by atoms with Crippen LogP contribution < -0.4 is 5.32 Å². The van der Waals surface area contributed by atoms with Gasteiger partial charge in [-0.2, -0.15) is 0 Å². The van der Waals surface area contributed by atoms with E-state index in [1.165, 1.54) is 0 Å². The largest absolute Gasteiger partial charge is 0.329 e. The molecule has 0 radical (unpaired) electrons. The molecule has 27 heavy (non-hydrogen) atoms. The van der Waals surface area contributed by atoms with Crippen molar-refractivity contribution in [1.29, 1.82) is 0 Å². The fourth-order valence-corrected chi connectivity index (χ4v) is 4.40. The van der Waals surface area contributed by atoms with Crippen LogP contribution in [-0.2, 0) is 18.3 Å². The molecule has 0 fully saturated rings. The number of hydrogen-bond donors (Lipinski definition) is 1. The number of carbonyl (C=O) groups excluding carboxylic acids is 1. The number of carbonyl (C=O) groups is 1. The van der Waals surface area contributed by atoms with E-state index < -0.39 is 0 Å². The summed E-state index contributed by atoms with van der Waals surface area (Å²) < 4.78 is 3.14. The molecule has 0 spiro atoms. The van der Waals surface area contributed by atoms with E-state index in [1.807, 2.05) is 60.3 Å². The van der Waals surface area contributed by atoms with Gasteiger partial charge < -0.3 is 9.88 Å². The minimum Gasteiger partial charge on any atom is -0.329 e. The van der Waals surface area contributed by atoms with Crippen LogP contribution in [0.5, 0.6) is 0 Å². The lowest BCUT2D eigenvalue weighted by molar-refractivity contribution is -0.116. The minimum atomic E-state index is -0.00115. The average molecular weight is 395 g/mol. The van der Waals surface area contributed by atoms with Crippen molar-refractivity contribution in [1.82, 2.24) is 14.5 Å². The highest BCUT2D eigenvalue weighted by Gasteiger charge is 2.08. The van der Waals surface area contributed by atoms with E-state index in [1.54, 1.807) is 29.3 Å². The van der Waals surface area contributed by atoms with E-state index in [0.29, 0.717) is 12.8 Å². The number of nitrogens with one attached hydrogen (secondary N) is 1. The number of imidazole rings is 1. The highest BCUT2D eigenvalue weighted by molar-refractivity contribution is 7.99. The number of fused-ring (bicyclic) bond motifs is 1. The van der Waals surface area contributed by atoms with Crippen LogP contribution in [0.2, 0.25) is 0 Å². The van der Waals surface area contributed by atoms with Gasteiger partial charge in [0.1, 0.15) is 0 Å². The van der Waals surface area contributed by atoms with Crippen molar-refractivity contribution in [2.75, 3.05) is 5.32 Å². The summed E-state index contributed by atoms with van der Waals surface area (Å²) in [7, 11) is 1.97. The average Bonchev–Trinajstić information content (AvgIpc) is 3.27. The van der Waals surface area contributed by atoms with E-state index in [4.69, 9.17) is 0 Å². The fourth-order valence-electron chi connectivity index (χ4n) is 2.63. The van der Waals surface area contributed by atoms with Crippen LogP contribution in [0.15, 0.2) is 71.0 Å². The normalized spacial score (nSPS) is 11.0. The van der Waals surface area contributed by atoms with Crippen molar-refractivity contribution in [3.05, 3.63) is 65.9 Å². The van der Waals surface area contributed by atoms with Gasteiger partial charge in [0.2, 0.25) is 5.91 Å². The molecule has 0 aliphatic carbocycles. The van der Waals surface area contributed by atoms with Crippen LogP contribution in [0.1, 0.15) is 11.4 Å². The molecule has 1 N–H and O–H groups in total. The lowest BCUT2D eigenvalue weighted by Gasteiger charge is -2.06. The predicted octanol–water partition coefficient (Wildman–Crippen LogP) is 4.75. The zero-order chi connectivity index (χ0) is 18.6. The third-order valence-corrected chi connectivity index (χ3v) is 6.21. The van der Waals surface area contributed by atoms with Crippen molar-refractivity contribution < 1.29 is 4.79 Å². The molecule has 7 heteroatoms. The Bertz CT molecular complexity index is 1040. The van der Waals surface area contributed by atoms with Gasteiger partial charge in [-0.1, -0.05) is 23.9 Å². The fraction of sp³-hybridized carbons (Fsp3) is 0.150. The maximum absolute atomic E-state index is 12.2. The summed E-state index contributed by atoms with van der Waals surface area (Å²) in [6.45, 7) is 0. The first-order valence-electron chi connectivity index (χ1n) is 8.57. The van der Waals surface area contributed by atoms with E-state index in [0.717, 1.165) is 31.0 Å².